The largest absolute Gasteiger partial charge is 0.432 e. The van der Waals surface area contributed by atoms with Gasteiger partial charge >= 0.3 is 0 Å². The summed E-state index contributed by atoms with van der Waals surface area (Å²) in [7, 11) is 7.35. The monoisotopic (exact) mass is 298 g/mol. The molecule has 0 fully saturated rings. The van der Waals surface area contributed by atoms with E-state index >= 15 is 0 Å². The maximum atomic E-state index is 12.2. The van der Waals surface area contributed by atoms with Gasteiger partial charge in [0.2, 0.25) is 5.88 Å². The van der Waals surface area contributed by atoms with Crippen LogP contribution in [0.15, 0.2) is 40.7 Å². The number of aromatic amines is 1. The summed E-state index contributed by atoms with van der Waals surface area (Å²) in [5.74, 6) is 2.09. The average Bonchev–Trinajstić information content (AvgIpc) is 2.96. The van der Waals surface area contributed by atoms with Crippen LogP contribution in [-0.2, 0) is 7.05 Å². The molecule has 0 radical (unpaired) electrons. The Hall–Kier alpha value is -2.85. The van der Waals surface area contributed by atoms with Gasteiger partial charge in [0.1, 0.15) is 5.82 Å². The smallest absolute Gasteiger partial charge is 0.276 e. The van der Waals surface area contributed by atoms with Crippen LogP contribution in [0.25, 0.3) is 6.08 Å². The highest BCUT2D eigenvalue weighted by Crippen LogP contribution is 2.36. The summed E-state index contributed by atoms with van der Waals surface area (Å²) in [5.41, 5.74) is 4.51. The maximum absolute atomic E-state index is 12.2. The molecule has 22 heavy (non-hydrogen) atoms. The van der Waals surface area contributed by atoms with Crippen molar-refractivity contribution >= 4 is 17.6 Å². The highest BCUT2D eigenvalue weighted by atomic mass is 16.5. The number of aromatic nitrogens is 2. The summed E-state index contributed by atoms with van der Waals surface area (Å²) >= 11 is 0. The predicted molar refractivity (Wildman–Crippen MR) is 87.3 cm³/mol. The van der Waals surface area contributed by atoms with Crippen LogP contribution >= 0.6 is 0 Å². The molecule has 0 spiro atoms. The Morgan fingerprint density at radius 2 is 2.00 bits per heavy atom. The molecule has 0 saturated carbocycles. The zero-order chi connectivity index (χ0) is 15.9. The van der Waals surface area contributed by atoms with Crippen LogP contribution in [0.4, 0.5) is 11.5 Å². The van der Waals surface area contributed by atoms with Crippen LogP contribution < -0.4 is 20.1 Å². The van der Waals surface area contributed by atoms with Crippen molar-refractivity contribution in [1.29, 1.82) is 0 Å². The number of hydrogen-bond acceptors (Lipinski definition) is 4. The van der Waals surface area contributed by atoms with Crippen LogP contribution in [0, 0.1) is 0 Å². The third kappa shape index (κ3) is 2.19. The van der Waals surface area contributed by atoms with E-state index in [4.69, 9.17) is 4.74 Å². The molecule has 2 aromatic rings. The van der Waals surface area contributed by atoms with Crippen molar-refractivity contribution in [1.82, 2.24) is 9.78 Å². The van der Waals surface area contributed by atoms with E-state index in [1.165, 1.54) is 4.68 Å². The second kappa shape index (κ2) is 5.16. The van der Waals surface area contributed by atoms with Gasteiger partial charge in [-0.05, 0) is 12.1 Å². The first-order valence-corrected chi connectivity index (χ1v) is 6.92. The van der Waals surface area contributed by atoms with E-state index in [9.17, 15) is 4.79 Å². The molecule has 1 aromatic heterocycles. The van der Waals surface area contributed by atoms with Crippen LogP contribution in [0.2, 0.25) is 0 Å². The number of ether oxygens (including phenoxy) is 1. The lowest BCUT2D eigenvalue weighted by molar-refractivity contribution is 0.445. The molecule has 0 aliphatic carbocycles. The van der Waals surface area contributed by atoms with Crippen molar-refractivity contribution in [3.05, 3.63) is 51.8 Å². The minimum Gasteiger partial charge on any atom is -0.432 e. The zero-order valence-electron chi connectivity index (χ0n) is 13.0. The summed E-state index contributed by atoms with van der Waals surface area (Å²) < 4.78 is 7.20. The van der Waals surface area contributed by atoms with Gasteiger partial charge in [0.15, 0.2) is 5.75 Å². The Labute approximate surface area is 128 Å². The van der Waals surface area contributed by atoms with E-state index in [0.717, 1.165) is 17.3 Å². The molecule has 2 heterocycles. The molecular weight excluding hydrogens is 280 g/mol. The Kier molecular flexibility index (Phi) is 3.31. The van der Waals surface area contributed by atoms with Gasteiger partial charge < -0.3 is 14.5 Å². The van der Waals surface area contributed by atoms with Crippen LogP contribution in [0.1, 0.15) is 5.56 Å². The van der Waals surface area contributed by atoms with E-state index in [2.05, 4.69) is 10.8 Å². The number of nitrogens with one attached hydrogen (secondary N) is 1. The lowest BCUT2D eigenvalue weighted by atomic mass is 10.3. The predicted octanol–water partition coefficient (Wildman–Crippen LogP) is 1.76. The lowest BCUT2D eigenvalue weighted by Crippen LogP contribution is -2.14. The number of nitrogens with zero attached hydrogens (tertiary/aromatic N) is 3. The lowest BCUT2D eigenvalue weighted by Gasteiger charge is -2.10. The molecule has 1 N–H and O–H groups in total. The van der Waals surface area contributed by atoms with Gasteiger partial charge in [-0.3, -0.25) is 14.6 Å². The summed E-state index contributed by atoms with van der Waals surface area (Å²) in [6, 6.07) is 7.76. The molecule has 0 saturated heterocycles. The molecule has 0 atom stereocenters. The Morgan fingerprint density at radius 1 is 1.27 bits per heavy atom. The third-order valence-electron chi connectivity index (χ3n) is 3.59. The number of para-hydroxylation sites is 2. The number of aryl methyl sites for hydroxylation is 1. The van der Waals surface area contributed by atoms with Crippen LogP contribution in [-0.4, -0.2) is 30.9 Å². The van der Waals surface area contributed by atoms with E-state index in [1.54, 1.807) is 13.1 Å². The molecule has 1 aliphatic heterocycles. The van der Waals surface area contributed by atoms with Crippen LogP contribution in [0.5, 0.6) is 5.75 Å². The molecule has 0 bridgehead atoms. The topological polar surface area (TPSA) is 53.5 Å². The molecule has 6 nitrogen and oxygen atoms in total. The van der Waals surface area contributed by atoms with Crippen molar-refractivity contribution in [3.63, 3.8) is 0 Å². The van der Waals surface area contributed by atoms with Gasteiger partial charge in [-0.25, -0.2) is 0 Å². The molecule has 0 amide bonds. The molecular formula is C16H18N4O2. The first kappa shape index (κ1) is 14.1. The van der Waals surface area contributed by atoms with E-state index in [-0.39, 0.29) is 5.56 Å². The number of hydrogen-bond donors (Lipinski definition) is 1. The number of rotatable bonds is 2. The third-order valence-corrected chi connectivity index (χ3v) is 3.59. The number of benzene rings is 1. The van der Waals surface area contributed by atoms with Crippen molar-refractivity contribution in [2.75, 3.05) is 30.9 Å². The molecule has 0 unspecified atom stereocenters. The first-order chi connectivity index (χ1) is 10.5. The summed E-state index contributed by atoms with van der Waals surface area (Å²) in [6.07, 6.45) is 1.66. The van der Waals surface area contributed by atoms with Gasteiger partial charge in [0.25, 0.3) is 5.56 Å². The Balaban J connectivity index is 2.04. The number of anilines is 2. The second-order valence-corrected chi connectivity index (χ2v) is 5.36. The van der Waals surface area contributed by atoms with Gasteiger partial charge in [0.05, 0.1) is 11.3 Å². The fourth-order valence-electron chi connectivity index (χ4n) is 2.39. The maximum Gasteiger partial charge on any atom is 0.276 e. The van der Waals surface area contributed by atoms with Gasteiger partial charge in [-0.15, -0.1) is 0 Å². The SMILES string of the molecule is CN(C)c1[nH]n(C)c(=O)c1C=C=C1Oc2ccccc2N1C. The second-order valence-electron chi connectivity index (χ2n) is 5.36. The molecule has 114 valence electrons. The van der Waals surface area contributed by atoms with Crippen molar-refractivity contribution in [3.8, 4) is 5.75 Å². The van der Waals surface area contributed by atoms with Gasteiger partial charge in [-0.2, -0.15) is 0 Å². The molecule has 1 aliphatic rings. The highest BCUT2D eigenvalue weighted by molar-refractivity contribution is 5.68. The van der Waals surface area contributed by atoms with Gasteiger partial charge in [0, 0.05) is 34.3 Å². The molecule has 6 heteroatoms. The van der Waals surface area contributed by atoms with Crippen LogP contribution in [0.3, 0.4) is 0 Å². The fourth-order valence-corrected chi connectivity index (χ4v) is 2.39. The van der Waals surface area contributed by atoms with Crippen molar-refractivity contribution < 1.29 is 4.74 Å². The molecule has 3 rings (SSSR count). The fraction of sp³-hybridized carbons (Fsp3) is 0.250. The number of H-pyrrole nitrogens is 1. The summed E-state index contributed by atoms with van der Waals surface area (Å²) in [6.45, 7) is 0. The summed E-state index contributed by atoms with van der Waals surface area (Å²) in [4.78, 5) is 15.9. The highest BCUT2D eigenvalue weighted by Gasteiger charge is 2.22. The quantitative estimate of drug-likeness (QED) is 0.859. The van der Waals surface area contributed by atoms with Crippen molar-refractivity contribution in [2.45, 2.75) is 0 Å². The Bertz CT molecular complexity index is 838. The number of fused-ring (bicyclic) bond motifs is 1. The normalized spacial score (nSPS) is 12.7. The van der Waals surface area contributed by atoms with E-state index < -0.39 is 0 Å². The standard InChI is InChI=1S/C16H18N4O2/c1-18(2)15-11(16(21)20(4)17-15)9-10-14-19(3)12-7-5-6-8-13(12)22-14/h5-9,17H,1-4H3. The Morgan fingerprint density at radius 3 is 2.68 bits per heavy atom. The van der Waals surface area contributed by atoms with E-state index in [0.29, 0.717) is 11.4 Å². The van der Waals surface area contributed by atoms with Gasteiger partial charge in [-0.1, -0.05) is 17.9 Å². The average molecular weight is 298 g/mol. The minimum atomic E-state index is -0.102. The first-order valence-electron chi connectivity index (χ1n) is 6.92. The zero-order valence-corrected chi connectivity index (χ0v) is 13.0. The van der Waals surface area contributed by atoms with E-state index in [1.807, 2.05) is 55.2 Å². The molecule has 1 aromatic carbocycles. The van der Waals surface area contributed by atoms with Crippen molar-refractivity contribution in [2.24, 2.45) is 7.05 Å². The summed E-state index contributed by atoms with van der Waals surface area (Å²) in [5, 5.41) is 3.01. The minimum absolute atomic E-state index is 0.102.